The number of carbonyl (C=O) groups excluding carboxylic acids is 1. The molecule has 6 heteroatoms. The molecule has 2 aromatic heterocycles. The zero-order valence-electron chi connectivity index (χ0n) is 20.7. The number of ketones is 1. The third-order valence-corrected chi connectivity index (χ3v) is 6.20. The van der Waals surface area contributed by atoms with E-state index in [0.29, 0.717) is 0 Å². The number of aryl methyl sites for hydroxylation is 1. The normalized spacial score (nSPS) is 11.5. The van der Waals surface area contributed by atoms with E-state index in [1.165, 1.54) is 37.6 Å². The molecule has 0 aliphatic carbocycles. The van der Waals surface area contributed by atoms with Crippen molar-refractivity contribution in [1.82, 2.24) is 4.98 Å². The number of halogens is 1. The molecule has 2 aromatic carbocycles. The molecule has 0 saturated carbocycles. The number of hydrogen-bond acceptors (Lipinski definition) is 4. The molecule has 0 unspecified atom stereocenters. The van der Waals surface area contributed by atoms with Crippen molar-refractivity contribution in [1.29, 1.82) is 0 Å². The topological polar surface area (TPSA) is 50.2 Å². The van der Waals surface area contributed by atoms with Crippen LogP contribution in [0.25, 0.3) is 31.9 Å². The Bertz CT molecular complexity index is 1350. The monoisotopic (exact) mass is 667 g/mol. The number of fused-ring (bicyclic) bond motifs is 1. The van der Waals surface area contributed by atoms with Crippen LogP contribution in [0.1, 0.15) is 45.7 Å². The van der Waals surface area contributed by atoms with E-state index >= 15 is 0 Å². The molecular weight excluding hydrogens is 638 g/mol. The minimum absolute atomic E-state index is 0. The average Bonchev–Trinajstić information content (AvgIpc) is 3.16. The summed E-state index contributed by atoms with van der Waals surface area (Å²) in [6.07, 6.45) is 1.17. The minimum atomic E-state index is -0.218. The summed E-state index contributed by atoms with van der Waals surface area (Å²) >= 11 is 1.68. The van der Waals surface area contributed by atoms with E-state index in [4.69, 9.17) is 10.1 Å². The van der Waals surface area contributed by atoms with Gasteiger partial charge in [0.05, 0.1) is 16.0 Å². The van der Waals surface area contributed by atoms with Crippen molar-refractivity contribution < 1.29 is 34.4 Å². The van der Waals surface area contributed by atoms with Gasteiger partial charge in [0.15, 0.2) is 5.78 Å². The number of pyridine rings is 1. The minimum Gasteiger partial charge on any atom is -0.512 e. The Morgan fingerprint density at radius 3 is 2.26 bits per heavy atom. The van der Waals surface area contributed by atoms with E-state index in [9.17, 15) is 9.18 Å². The van der Waals surface area contributed by atoms with Crippen LogP contribution in [0.3, 0.4) is 0 Å². The van der Waals surface area contributed by atoms with Gasteiger partial charge in [-0.15, -0.1) is 46.2 Å². The number of nitrogens with zero attached hydrogens (tertiary/aromatic N) is 1. The summed E-state index contributed by atoms with van der Waals surface area (Å²) < 4.78 is 14.3. The first-order chi connectivity index (χ1) is 15.9. The summed E-state index contributed by atoms with van der Waals surface area (Å²) in [5, 5.41) is 8.36. The van der Waals surface area contributed by atoms with Crippen LogP contribution >= 0.6 is 11.3 Å². The second kappa shape index (κ2) is 11.8. The Balaban J connectivity index is 0.000000476. The fourth-order valence-corrected chi connectivity index (χ4v) is 4.42. The van der Waals surface area contributed by atoms with E-state index in [1.807, 2.05) is 12.1 Å². The molecule has 1 N–H and O–H groups in total. The second-order valence-electron chi connectivity index (χ2n) is 9.31. The number of rotatable bonds is 3. The number of aromatic nitrogens is 1. The number of carbonyl (C=O) groups is 1. The molecule has 0 fully saturated rings. The Morgan fingerprint density at radius 1 is 1.06 bits per heavy atom. The summed E-state index contributed by atoms with van der Waals surface area (Å²) in [4.78, 5) is 16.0. The number of hydrogen-bond donors (Lipinski definition) is 1. The van der Waals surface area contributed by atoms with Gasteiger partial charge in [-0.2, -0.15) is 0 Å². The van der Waals surface area contributed by atoms with Gasteiger partial charge in [-0.1, -0.05) is 45.9 Å². The summed E-state index contributed by atoms with van der Waals surface area (Å²) in [5.74, 6) is -0.280. The van der Waals surface area contributed by atoms with Crippen LogP contribution in [-0.2, 0) is 30.3 Å². The molecule has 2 heterocycles. The second-order valence-corrected chi connectivity index (χ2v) is 10.4. The molecule has 0 saturated heterocycles. The van der Waals surface area contributed by atoms with E-state index in [0.717, 1.165) is 37.5 Å². The van der Waals surface area contributed by atoms with E-state index in [2.05, 4.69) is 64.1 Å². The number of aliphatic hydroxyl groups is 1. The molecule has 0 bridgehead atoms. The molecule has 0 aliphatic heterocycles. The summed E-state index contributed by atoms with van der Waals surface area (Å²) in [6.45, 7) is 11.6. The number of allylic oxidation sites excluding steroid dienone is 2. The Kier molecular flexibility index (Phi) is 9.67. The molecule has 1 radical (unpaired) electrons. The third kappa shape index (κ3) is 7.93. The fourth-order valence-electron chi connectivity index (χ4n) is 3.41. The maximum atomic E-state index is 13.2. The zero-order valence-corrected chi connectivity index (χ0v) is 23.9. The van der Waals surface area contributed by atoms with Gasteiger partial charge in [-0.05, 0) is 54.8 Å². The van der Waals surface area contributed by atoms with Gasteiger partial charge in [0, 0.05) is 31.1 Å². The molecular formula is C29H29FIrNO2S-. The Morgan fingerprint density at radius 2 is 1.71 bits per heavy atom. The molecule has 0 atom stereocenters. The van der Waals surface area contributed by atoms with Crippen molar-refractivity contribution in [2.45, 2.75) is 47.0 Å². The van der Waals surface area contributed by atoms with Crippen molar-refractivity contribution >= 4 is 27.3 Å². The SMILES string of the molecule is CC(=O)/C=C(/C)O.Cc1[c-]c(-c2ccc3sc(-c4ccc(F)cc4)cc3n2)cc(C(C)(C)C)c1.[Ir]. The molecule has 0 spiro atoms. The van der Waals surface area contributed by atoms with Crippen LogP contribution in [-0.4, -0.2) is 15.9 Å². The quantitative estimate of drug-likeness (QED) is 0.136. The maximum absolute atomic E-state index is 13.2. The number of benzene rings is 2. The molecule has 4 rings (SSSR count). The van der Waals surface area contributed by atoms with Crippen LogP contribution in [0.4, 0.5) is 4.39 Å². The summed E-state index contributed by atoms with van der Waals surface area (Å²) in [5.41, 5.74) is 6.42. The van der Waals surface area contributed by atoms with Crippen LogP contribution in [0.15, 0.2) is 66.4 Å². The van der Waals surface area contributed by atoms with Crippen molar-refractivity contribution in [2.24, 2.45) is 0 Å². The molecule has 0 aliphatic rings. The molecule has 4 aromatic rings. The van der Waals surface area contributed by atoms with Gasteiger partial charge in [0.25, 0.3) is 0 Å². The van der Waals surface area contributed by atoms with Gasteiger partial charge >= 0.3 is 0 Å². The van der Waals surface area contributed by atoms with Gasteiger partial charge in [-0.25, -0.2) is 4.39 Å². The standard InChI is InChI=1S/C24H21FNS.C5H8O2.Ir/c1-15-11-17(13-18(12-15)24(2,3)4)20-9-10-22-21(26-20)14-23(27-22)16-5-7-19(25)8-6-16;1-4(6)3-5(2)7;/h5-10,12-14H,1-4H3;3,6H,1-2H3;/q-1;;/b;4-3-;. The van der Waals surface area contributed by atoms with E-state index < -0.39 is 0 Å². The first-order valence-electron chi connectivity index (χ1n) is 11.0. The van der Waals surface area contributed by atoms with Crippen LogP contribution in [0, 0.1) is 18.8 Å². The van der Waals surface area contributed by atoms with Gasteiger partial charge < -0.3 is 5.11 Å². The van der Waals surface area contributed by atoms with E-state index in [-0.39, 0.29) is 42.9 Å². The molecule has 0 amide bonds. The number of aliphatic hydroxyl groups excluding tert-OH is 1. The molecule has 185 valence electrons. The Hall–Kier alpha value is -2.66. The van der Waals surface area contributed by atoms with Crippen molar-refractivity contribution in [3.05, 3.63) is 89.4 Å². The molecule has 3 nitrogen and oxygen atoms in total. The smallest absolute Gasteiger partial charge is 0.155 e. The third-order valence-electron chi connectivity index (χ3n) is 5.06. The fraction of sp³-hybridized carbons (Fsp3) is 0.241. The van der Waals surface area contributed by atoms with Crippen molar-refractivity contribution in [2.75, 3.05) is 0 Å². The first kappa shape index (κ1) is 28.6. The summed E-state index contributed by atoms with van der Waals surface area (Å²) in [6, 6.07) is 20.7. The average molecular weight is 667 g/mol. The van der Waals surface area contributed by atoms with Crippen LogP contribution in [0.5, 0.6) is 0 Å². The van der Waals surface area contributed by atoms with Crippen LogP contribution < -0.4 is 0 Å². The van der Waals surface area contributed by atoms with Crippen LogP contribution in [0.2, 0.25) is 0 Å². The predicted octanol–water partition coefficient (Wildman–Crippen LogP) is 8.21. The van der Waals surface area contributed by atoms with E-state index in [1.54, 1.807) is 11.3 Å². The summed E-state index contributed by atoms with van der Waals surface area (Å²) in [7, 11) is 0. The van der Waals surface area contributed by atoms with Gasteiger partial charge in [-0.3, -0.25) is 9.78 Å². The zero-order chi connectivity index (χ0) is 25.0. The largest absolute Gasteiger partial charge is 0.512 e. The predicted molar refractivity (Wildman–Crippen MR) is 140 cm³/mol. The Labute approximate surface area is 224 Å². The first-order valence-corrected chi connectivity index (χ1v) is 11.8. The number of thiophene rings is 1. The molecule has 35 heavy (non-hydrogen) atoms. The maximum Gasteiger partial charge on any atom is 0.155 e. The van der Waals surface area contributed by atoms with Crippen molar-refractivity contribution in [3.63, 3.8) is 0 Å². The van der Waals surface area contributed by atoms with Gasteiger partial charge in [0.2, 0.25) is 0 Å². The van der Waals surface area contributed by atoms with Crippen molar-refractivity contribution in [3.8, 4) is 21.7 Å². The van der Waals surface area contributed by atoms with Gasteiger partial charge in [0.1, 0.15) is 5.82 Å².